The Morgan fingerprint density at radius 1 is 0.483 bits per heavy atom. The van der Waals surface area contributed by atoms with Crippen LogP contribution in [0.15, 0.2) is 99.9 Å². The average Bonchev–Trinajstić information content (AvgIpc) is 2.72. The van der Waals surface area contributed by atoms with Crippen LogP contribution < -0.4 is 0 Å². The van der Waals surface area contributed by atoms with Crippen LogP contribution >= 0.6 is 43.5 Å². The number of benzene rings is 5. The quantitative estimate of drug-likeness (QED) is 0.203. The number of fused-ring (bicyclic) bond motifs is 2. The minimum absolute atomic E-state index is 0.740. The van der Waals surface area contributed by atoms with E-state index in [1.54, 1.807) is 0 Å². The molecule has 0 saturated heterocycles. The highest BCUT2D eigenvalue weighted by atomic mass is 79.9. The first-order chi connectivity index (χ1) is 14.1. The number of halogens is 3. The minimum atomic E-state index is 0.740. The molecule has 0 aromatic heterocycles. The first-order valence-corrected chi connectivity index (χ1v) is 11.2. The van der Waals surface area contributed by atoms with E-state index < -0.39 is 0 Å². The number of rotatable bonds is 2. The van der Waals surface area contributed by atoms with Crippen LogP contribution in [0.4, 0.5) is 0 Å². The normalized spacial score (nSPS) is 11.3. The van der Waals surface area contributed by atoms with E-state index in [0.717, 1.165) is 19.4 Å². The molecule has 0 nitrogen and oxygen atoms in total. The first kappa shape index (κ1) is 18.9. The maximum atomic E-state index is 6.47. The number of hydrogen-bond donors (Lipinski definition) is 0. The zero-order chi connectivity index (χ0) is 20.0. The third-order valence-corrected chi connectivity index (χ3v) is 6.43. The Balaban J connectivity index is 2.02. The predicted molar refractivity (Wildman–Crippen MR) is 133 cm³/mol. The lowest BCUT2D eigenvalue weighted by molar-refractivity contribution is 1.61. The second kappa shape index (κ2) is 7.60. The van der Waals surface area contributed by atoms with Gasteiger partial charge in [-0.05, 0) is 80.2 Å². The molecule has 3 heteroatoms. The van der Waals surface area contributed by atoms with Gasteiger partial charge in [-0.1, -0.05) is 98.1 Å². The van der Waals surface area contributed by atoms with Crippen molar-refractivity contribution < 1.29 is 0 Å². The molecule has 5 aromatic carbocycles. The highest BCUT2D eigenvalue weighted by Gasteiger charge is 2.17. The molecule has 5 aromatic rings. The molecule has 0 aliphatic carbocycles. The Kier molecular flexibility index (Phi) is 4.95. The summed E-state index contributed by atoms with van der Waals surface area (Å²) in [5, 5.41) is 5.54. The molecule has 0 spiro atoms. The fraction of sp³-hybridized carbons (Fsp3) is 0. The van der Waals surface area contributed by atoms with Crippen LogP contribution in [0.2, 0.25) is 5.02 Å². The van der Waals surface area contributed by atoms with Gasteiger partial charge < -0.3 is 0 Å². The van der Waals surface area contributed by atoms with Crippen LogP contribution in [0.3, 0.4) is 0 Å². The molecule has 140 valence electrons. The SMILES string of the molecule is Clc1ccc2c(-c3cccc(Br)c3)c3ccccc3c(-c3cccc(Br)c3)c2c1. The largest absolute Gasteiger partial charge is 0.0843 e. The molecule has 0 bridgehead atoms. The molecule has 5 rings (SSSR count). The van der Waals surface area contributed by atoms with E-state index in [4.69, 9.17) is 11.6 Å². The van der Waals surface area contributed by atoms with E-state index >= 15 is 0 Å². The number of hydrogen-bond acceptors (Lipinski definition) is 0. The van der Waals surface area contributed by atoms with Gasteiger partial charge in [-0.2, -0.15) is 0 Å². The van der Waals surface area contributed by atoms with Crippen LogP contribution in [0, 0.1) is 0 Å². The van der Waals surface area contributed by atoms with E-state index in [0.29, 0.717) is 0 Å². The van der Waals surface area contributed by atoms with Gasteiger partial charge in [0.25, 0.3) is 0 Å². The van der Waals surface area contributed by atoms with Crippen LogP contribution in [0.25, 0.3) is 43.8 Å². The van der Waals surface area contributed by atoms with Crippen molar-refractivity contribution in [1.82, 2.24) is 0 Å². The van der Waals surface area contributed by atoms with Crippen molar-refractivity contribution in [2.75, 3.05) is 0 Å². The smallest absolute Gasteiger partial charge is 0.0412 e. The second-order valence-electron chi connectivity index (χ2n) is 7.01. The molecular weight excluding hydrogens is 508 g/mol. The van der Waals surface area contributed by atoms with Crippen LogP contribution in [0.5, 0.6) is 0 Å². The van der Waals surface area contributed by atoms with Gasteiger partial charge in [0.05, 0.1) is 0 Å². The maximum absolute atomic E-state index is 6.47. The van der Waals surface area contributed by atoms with Crippen molar-refractivity contribution in [3.63, 3.8) is 0 Å². The second-order valence-corrected chi connectivity index (χ2v) is 9.27. The van der Waals surface area contributed by atoms with E-state index in [1.165, 1.54) is 38.4 Å². The van der Waals surface area contributed by atoms with Crippen molar-refractivity contribution >= 4 is 65.0 Å². The molecule has 0 atom stereocenters. The third-order valence-electron chi connectivity index (χ3n) is 5.21. The van der Waals surface area contributed by atoms with E-state index in [1.807, 2.05) is 6.07 Å². The summed E-state index contributed by atoms with van der Waals surface area (Å²) in [7, 11) is 0. The Morgan fingerprint density at radius 2 is 1.00 bits per heavy atom. The monoisotopic (exact) mass is 520 g/mol. The highest BCUT2D eigenvalue weighted by Crippen LogP contribution is 2.44. The van der Waals surface area contributed by atoms with Gasteiger partial charge in [0, 0.05) is 14.0 Å². The summed E-state index contributed by atoms with van der Waals surface area (Å²) >= 11 is 13.7. The fourth-order valence-electron chi connectivity index (χ4n) is 4.06. The molecular formula is C26H15Br2Cl. The van der Waals surface area contributed by atoms with Gasteiger partial charge in [-0.15, -0.1) is 0 Å². The van der Waals surface area contributed by atoms with E-state index in [2.05, 4.69) is 117 Å². The van der Waals surface area contributed by atoms with Gasteiger partial charge in [-0.25, -0.2) is 0 Å². The zero-order valence-electron chi connectivity index (χ0n) is 15.3. The van der Waals surface area contributed by atoms with Gasteiger partial charge in [-0.3, -0.25) is 0 Å². The van der Waals surface area contributed by atoms with Gasteiger partial charge in [0.1, 0.15) is 0 Å². The van der Waals surface area contributed by atoms with E-state index in [9.17, 15) is 0 Å². The van der Waals surface area contributed by atoms with Gasteiger partial charge in [0.2, 0.25) is 0 Å². The zero-order valence-corrected chi connectivity index (χ0v) is 19.2. The Hall–Kier alpha value is -2.13. The van der Waals surface area contributed by atoms with Crippen LogP contribution in [-0.2, 0) is 0 Å². The molecule has 0 aliphatic rings. The lowest BCUT2D eigenvalue weighted by Gasteiger charge is -2.18. The summed E-state index contributed by atoms with van der Waals surface area (Å²) in [5.74, 6) is 0. The summed E-state index contributed by atoms with van der Waals surface area (Å²) in [6, 6.07) is 31.8. The minimum Gasteiger partial charge on any atom is -0.0843 e. The third kappa shape index (κ3) is 3.40. The molecule has 0 heterocycles. The highest BCUT2D eigenvalue weighted by molar-refractivity contribution is 9.10. The summed E-state index contributed by atoms with van der Waals surface area (Å²) < 4.78 is 2.13. The Labute approximate surface area is 191 Å². The van der Waals surface area contributed by atoms with Crippen molar-refractivity contribution in [2.24, 2.45) is 0 Å². The molecule has 0 saturated carbocycles. The average molecular weight is 523 g/mol. The summed E-state index contributed by atoms with van der Waals surface area (Å²) in [5.41, 5.74) is 4.79. The Morgan fingerprint density at radius 3 is 1.55 bits per heavy atom. The van der Waals surface area contributed by atoms with Crippen molar-refractivity contribution in [1.29, 1.82) is 0 Å². The summed E-state index contributed by atoms with van der Waals surface area (Å²) in [6.45, 7) is 0. The predicted octanol–water partition coefficient (Wildman–Crippen LogP) is 9.51. The van der Waals surface area contributed by atoms with Crippen molar-refractivity contribution in [2.45, 2.75) is 0 Å². The Bertz CT molecular complexity index is 1390. The van der Waals surface area contributed by atoms with Crippen molar-refractivity contribution in [3.05, 3.63) is 105 Å². The lowest BCUT2D eigenvalue weighted by atomic mass is 9.86. The first-order valence-electron chi connectivity index (χ1n) is 9.28. The molecule has 0 radical (unpaired) electrons. The molecule has 0 fully saturated rings. The topological polar surface area (TPSA) is 0 Å². The van der Waals surface area contributed by atoms with Crippen molar-refractivity contribution in [3.8, 4) is 22.3 Å². The lowest BCUT2D eigenvalue weighted by Crippen LogP contribution is -1.91. The van der Waals surface area contributed by atoms with E-state index in [-0.39, 0.29) is 0 Å². The molecule has 0 N–H and O–H groups in total. The molecule has 0 aliphatic heterocycles. The van der Waals surface area contributed by atoms with Gasteiger partial charge in [0.15, 0.2) is 0 Å². The standard InChI is InChI=1S/C26H15Br2Cl/c27-18-7-3-5-16(13-18)25-21-9-1-2-10-22(21)26(17-6-4-8-19(28)14-17)24-15-20(29)11-12-23(24)25/h1-15H. The molecule has 29 heavy (non-hydrogen) atoms. The van der Waals surface area contributed by atoms with Crippen LogP contribution in [-0.4, -0.2) is 0 Å². The summed E-state index contributed by atoms with van der Waals surface area (Å²) in [4.78, 5) is 0. The maximum Gasteiger partial charge on any atom is 0.0412 e. The molecule has 0 unspecified atom stereocenters. The summed E-state index contributed by atoms with van der Waals surface area (Å²) in [6.07, 6.45) is 0. The van der Waals surface area contributed by atoms with Crippen LogP contribution in [0.1, 0.15) is 0 Å². The molecule has 0 amide bonds. The van der Waals surface area contributed by atoms with Gasteiger partial charge >= 0.3 is 0 Å². The fourth-order valence-corrected chi connectivity index (χ4v) is 5.03.